The van der Waals surface area contributed by atoms with Gasteiger partial charge in [-0.2, -0.15) is 0 Å². The molecule has 4 heterocycles. The van der Waals surface area contributed by atoms with E-state index in [0.29, 0.717) is 55.8 Å². The second-order valence-electron chi connectivity index (χ2n) is 9.01. The van der Waals surface area contributed by atoms with E-state index < -0.39 is 0 Å². The number of fused-ring (bicyclic) bond motifs is 2. The molecule has 11 nitrogen and oxygen atoms in total. The van der Waals surface area contributed by atoms with Crippen LogP contribution in [0.1, 0.15) is 29.9 Å². The fraction of sp³-hybridized carbons (Fsp3) is 0.233. The molecule has 0 aliphatic carbocycles. The van der Waals surface area contributed by atoms with Gasteiger partial charge in [0.25, 0.3) is 11.1 Å². The van der Waals surface area contributed by atoms with E-state index in [4.69, 9.17) is 18.6 Å². The number of furan rings is 1. The summed E-state index contributed by atoms with van der Waals surface area (Å²) in [6.45, 7) is 4.19. The van der Waals surface area contributed by atoms with Crippen molar-refractivity contribution in [3.8, 4) is 39.5 Å². The van der Waals surface area contributed by atoms with Crippen molar-refractivity contribution in [3.63, 3.8) is 0 Å². The van der Waals surface area contributed by atoms with E-state index in [2.05, 4.69) is 20.1 Å². The number of hydrogen-bond acceptors (Lipinski definition) is 10. The Kier molecular flexibility index (Phi) is 8.34. The summed E-state index contributed by atoms with van der Waals surface area (Å²) < 4.78 is 24.6. The van der Waals surface area contributed by atoms with Crippen LogP contribution in [0.4, 0.5) is 0 Å². The summed E-state index contributed by atoms with van der Waals surface area (Å²) in [7, 11) is 6.60. The Balaban J connectivity index is 0.00000173. The SMILES string of the molecule is CC.COc1cc(OCc2ccnc(-c3ccc(C(=O)N(C)C)cc3)n2)c2cc(-c3cn4nc(OC)sc4n3)oc2c1. The minimum absolute atomic E-state index is 0.0636. The van der Waals surface area contributed by atoms with Crippen molar-refractivity contribution in [1.29, 1.82) is 0 Å². The van der Waals surface area contributed by atoms with E-state index in [-0.39, 0.29) is 12.5 Å². The summed E-state index contributed by atoms with van der Waals surface area (Å²) in [5.41, 5.74) is 3.32. The molecule has 216 valence electrons. The first-order valence-corrected chi connectivity index (χ1v) is 14.0. The topological polar surface area (TPSA) is 117 Å². The highest BCUT2D eigenvalue weighted by Gasteiger charge is 2.17. The van der Waals surface area contributed by atoms with Gasteiger partial charge in [0.1, 0.15) is 29.4 Å². The van der Waals surface area contributed by atoms with Gasteiger partial charge in [-0.05, 0) is 35.6 Å². The number of imidazole rings is 1. The van der Waals surface area contributed by atoms with E-state index in [1.54, 1.807) is 69.5 Å². The Bertz CT molecular complexity index is 1810. The molecule has 0 saturated carbocycles. The van der Waals surface area contributed by atoms with Crippen LogP contribution in [0.2, 0.25) is 0 Å². The summed E-state index contributed by atoms with van der Waals surface area (Å²) in [5, 5.41) is 5.62. The fourth-order valence-corrected chi connectivity index (χ4v) is 4.82. The first-order chi connectivity index (χ1) is 20.4. The molecule has 4 aromatic heterocycles. The van der Waals surface area contributed by atoms with E-state index >= 15 is 0 Å². The number of aromatic nitrogens is 5. The van der Waals surface area contributed by atoms with Crippen molar-refractivity contribution in [2.45, 2.75) is 20.5 Å². The van der Waals surface area contributed by atoms with Gasteiger partial charge in [-0.3, -0.25) is 4.79 Å². The maximum Gasteiger partial charge on any atom is 0.294 e. The average Bonchev–Trinajstić information content (AvgIpc) is 3.74. The molecule has 0 aliphatic rings. The standard InChI is InChI=1S/C28H24N6O5S.C2H6/c1-33(2)26(35)17-7-5-16(6-8-17)25-29-10-9-18(30-25)15-38-22-11-19(36-3)12-23-20(22)13-24(39-23)21-14-34-27(31-21)40-28(32-34)37-4;1-2/h5-14H,15H2,1-4H3;1-2H3. The zero-order valence-electron chi connectivity index (χ0n) is 24.1. The molecule has 1 amide bonds. The molecule has 0 spiro atoms. The van der Waals surface area contributed by atoms with Gasteiger partial charge in [0, 0.05) is 43.6 Å². The number of carbonyl (C=O) groups excluding carboxylic acids is 1. The lowest BCUT2D eigenvalue weighted by Gasteiger charge is -2.11. The Hall–Kier alpha value is -4.97. The second-order valence-corrected chi connectivity index (χ2v) is 9.93. The van der Waals surface area contributed by atoms with E-state index in [1.165, 1.54) is 16.2 Å². The number of nitrogens with zero attached hydrogens (tertiary/aromatic N) is 6. The van der Waals surface area contributed by atoms with Gasteiger partial charge in [0.15, 0.2) is 11.6 Å². The lowest BCUT2D eigenvalue weighted by molar-refractivity contribution is 0.0827. The zero-order chi connectivity index (χ0) is 29.8. The number of methoxy groups -OCH3 is 2. The number of rotatable bonds is 8. The molecular formula is C30H30N6O5S. The molecule has 0 saturated heterocycles. The third-order valence-corrected chi connectivity index (χ3v) is 7.03. The van der Waals surface area contributed by atoms with Crippen LogP contribution >= 0.6 is 11.3 Å². The molecule has 0 fully saturated rings. The van der Waals surface area contributed by atoms with Gasteiger partial charge >= 0.3 is 0 Å². The fourth-order valence-electron chi connectivity index (χ4n) is 4.12. The van der Waals surface area contributed by atoms with Gasteiger partial charge in [-0.15, -0.1) is 5.10 Å². The summed E-state index contributed by atoms with van der Waals surface area (Å²) >= 11 is 1.34. The Morgan fingerprint density at radius 3 is 2.50 bits per heavy atom. The molecule has 0 radical (unpaired) electrons. The van der Waals surface area contributed by atoms with Crippen LogP contribution in [0.5, 0.6) is 16.7 Å². The van der Waals surface area contributed by atoms with Gasteiger partial charge in [-0.1, -0.05) is 26.0 Å². The van der Waals surface area contributed by atoms with E-state index in [1.807, 2.05) is 38.1 Å². The highest BCUT2D eigenvalue weighted by Crippen LogP contribution is 2.37. The Labute approximate surface area is 246 Å². The smallest absolute Gasteiger partial charge is 0.294 e. The summed E-state index contributed by atoms with van der Waals surface area (Å²) in [4.78, 5) is 28.1. The molecule has 0 aliphatic heterocycles. The van der Waals surface area contributed by atoms with Crippen LogP contribution in [0.25, 0.3) is 38.8 Å². The molecule has 0 atom stereocenters. The first kappa shape index (κ1) is 28.6. The quantitative estimate of drug-likeness (QED) is 0.212. The number of hydrogen-bond donors (Lipinski definition) is 0. The molecule has 0 unspecified atom stereocenters. The van der Waals surface area contributed by atoms with Crippen LogP contribution in [0.3, 0.4) is 0 Å². The normalized spacial score (nSPS) is 10.8. The van der Waals surface area contributed by atoms with Crippen LogP contribution in [-0.4, -0.2) is 63.7 Å². The van der Waals surface area contributed by atoms with E-state index in [9.17, 15) is 4.79 Å². The second kappa shape index (κ2) is 12.3. The van der Waals surface area contributed by atoms with E-state index in [0.717, 1.165) is 10.9 Å². The van der Waals surface area contributed by atoms with Crippen molar-refractivity contribution < 1.29 is 23.4 Å². The molecule has 6 rings (SSSR count). The van der Waals surface area contributed by atoms with Crippen LogP contribution in [-0.2, 0) is 6.61 Å². The van der Waals surface area contributed by atoms with Gasteiger partial charge in [-0.25, -0.2) is 19.5 Å². The van der Waals surface area contributed by atoms with Gasteiger partial charge < -0.3 is 23.5 Å². The van der Waals surface area contributed by atoms with Crippen molar-refractivity contribution in [2.24, 2.45) is 0 Å². The van der Waals surface area contributed by atoms with Crippen molar-refractivity contribution >= 4 is 33.2 Å². The molecule has 2 aromatic carbocycles. The van der Waals surface area contributed by atoms with Crippen molar-refractivity contribution in [3.05, 3.63) is 72.2 Å². The first-order valence-electron chi connectivity index (χ1n) is 13.2. The number of carbonyl (C=O) groups is 1. The summed E-state index contributed by atoms with van der Waals surface area (Å²) in [6.07, 6.45) is 3.47. The van der Waals surface area contributed by atoms with Gasteiger partial charge in [0.2, 0.25) is 4.96 Å². The average molecular weight is 587 g/mol. The lowest BCUT2D eigenvalue weighted by Crippen LogP contribution is -2.21. The predicted molar refractivity (Wildman–Crippen MR) is 160 cm³/mol. The largest absolute Gasteiger partial charge is 0.496 e. The number of ether oxygens (including phenoxy) is 3. The maximum absolute atomic E-state index is 12.2. The number of benzene rings is 2. The van der Waals surface area contributed by atoms with Crippen LogP contribution in [0.15, 0.2) is 65.3 Å². The number of amides is 1. The van der Waals surface area contributed by atoms with Crippen molar-refractivity contribution in [2.75, 3.05) is 28.3 Å². The molecular weight excluding hydrogens is 556 g/mol. The Morgan fingerprint density at radius 1 is 1.02 bits per heavy atom. The monoisotopic (exact) mass is 586 g/mol. The minimum Gasteiger partial charge on any atom is -0.496 e. The predicted octanol–water partition coefficient (Wildman–Crippen LogP) is 5.99. The minimum atomic E-state index is -0.0636. The third-order valence-electron chi connectivity index (χ3n) is 6.15. The summed E-state index contributed by atoms with van der Waals surface area (Å²) in [5.74, 6) is 2.22. The third kappa shape index (κ3) is 5.75. The highest BCUT2D eigenvalue weighted by molar-refractivity contribution is 7.18. The summed E-state index contributed by atoms with van der Waals surface area (Å²) in [6, 6.07) is 14.5. The molecule has 0 N–H and O–H groups in total. The van der Waals surface area contributed by atoms with Gasteiger partial charge in [0.05, 0.1) is 31.5 Å². The molecule has 6 aromatic rings. The van der Waals surface area contributed by atoms with Crippen LogP contribution in [0, 0.1) is 0 Å². The molecule has 42 heavy (non-hydrogen) atoms. The zero-order valence-corrected chi connectivity index (χ0v) is 24.9. The highest BCUT2D eigenvalue weighted by atomic mass is 32.1. The molecule has 0 bridgehead atoms. The van der Waals surface area contributed by atoms with Crippen LogP contribution < -0.4 is 14.2 Å². The lowest BCUT2D eigenvalue weighted by atomic mass is 10.1. The maximum atomic E-state index is 12.2. The Morgan fingerprint density at radius 2 is 1.81 bits per heavy atom. The van der Waals surface area contributed by atoms with Crippen molar-refractivity contribution in [1.82, 2.24) is 29.5 Å². The molecule has 12 heteroatoms.